The van der Waals surface area contributed by atoms with Crippen LogP contribution in [0.25, 0.3) is 0 Å². The van der Waals surface area contributed by atoms with Gasteiger partial charge in [0.25, 0.3) is 0 Å². The van der Waals surface area contributed by atoms with Crippen molar-refractivity contribution in [3.63, 3.8) is 0 Å². The average molecular weight is 250 g/mol. The standard InChI is InChI=1S/C13H18N2OS/c1-14-11-4-5-12-10(9-11)3-6-13(16)15(12)7-2-8-17/h4-5,9,14,17H,2-3,6-8H2,1H3. The number of nitrogens with zero attached hydrogens (tertiary/aromatic N) is 1. The minimum atomic E-state index is 0.233. The third-order valence-electron chi connectivity index (χ3n) is 3.11. The van der Waals surface area contributed by atoms with E-state index in [1.165, 1.54) is 5.56 Å². The molecule has 0 fully saturated rings. The number of anilines is 2. The highest BCUT2D eigenvalue weighted by molar-refractivity contribution is 7.80. The average Bonchev–Trinajstić information content (AvgIpc) is 2.37. The third-order valence-corrected chi connectivity index (χ3v) is 3.42. The van der Waals surface area contributed by atoms with Crippen LogP contribution < -0.4 is 10.2 Å². The van der Waals surface area contributed by atoms with E-state index in [1.807, 2.05) is 24.1 Å². The molecule has 3 nitrogen and oxygen atoms in total. The van der Waals surface area contributed by atoms with Gasteiger partial charge < -0.3 is 10.2 Å². The Morgan fingerprint density at radius 1 is 1.41 bits per heavy atom. The first-order valence-electron chi connectivity index (χ1n) is 5.98. The summed E-state index contributed by atoms with van der Waals surface area (Å²) in [7, 11) is 1.91. The van der Waals surface area contributed by atoms with Crippen molar-refractivity contribution < 1.29 is 4.79 Å². The number of thiol groups is 1. The predicted molar refractivity (Wildman–Crippen MR) is 75.1 cm³/mol. The number of benzene rings is 1. The molecule has 2 rings (SSSR count). The van der Waals surface area contributed by atoms with E-state index in [-0.39, 0.29) is 5.91 Å². The smallest absolute Gasteiger partial charge is 0.227 e. The van der Waals surface area contributed by atoms with E-state index in [2.05, 4.69) is 24.0 Å². The van der Waals surface area contributed by atoms with Crippen LogP contribution in [0.1, 0.15) is 18.4 Å². The minimum Gasteiger partial charge on any atom is -0.388 e. The van der Waals surface area contributed by atoms with Gasteiger partial charge in [-0.25, -0.2) is 0 Å². The van der Waals surface area contributed by atoms with Crippen molar-refractivity contribution in [1.29, 1.82) is 0 Å². The van der Waals surface area contributed by atoms with Gasteiger partial charge in [-0.1, -0.05) is 0 Å². The molecule has 92 valence electrons. The number of carbonyl (C=O) groups is 1. The van der Waals surface area contributed by atoms with Crippen LogP contribution in [-0.2, 0) is 11.2 Å². The second-order valence-corrected chi connectivity index (χ2v) is 4.66. The number of hydrogen-bond donors (Lipinski definition) is 2. The third kappa shape index (κ3) is 2.57. The van der Waals surface area contributed by atoms with Gasteiger partial charge in [-0.05, 0) is 42.4 Å². The Hall–Kier alpha value is -1.16. The van der Waals surface area contributed by atoms with Gasteiger partial charge in [-0.3, -0.25) is 4.79 Å². The number of rotatable bonds is 4. The van der Waals surface area contributed by atoms with Gasteiger partial charge in [-0.2, -0.15) is 12.6 Å². The second-order valence-electron chi connectivity index (χ2n) is 4.22. The first kappa shape index (κ1) is 12.3. The molecule has 0 bridgehead atoms. The van der Waals surface area contributed by atoms with Gasteiger partial charge in [0.15, 0.2) is 0 Å². The molecule has 0 saturated carbocycles. The van der Waals surface area contributed by atoms with Crippen LogP contribution in [0, 0.1) is 0 Å². The van der Waals surface area contributed by atoms with Crippen LogP contribution >= 0.6 is 12.6 Å². The van der Waals surface area contributed by atoms with Crippen LogP contribution in [0.15, 0.2) is 18.2 Å². The number of amides is 1. The second kappa shape index (κ2) is 5.45. The molecule has 1 heterocycles. The zero-order chi connectivity index (χ0) is 12.3. The molecule has 1 aliphatic heterocycles. The summed E-state index contributed by atoms with van der Waals surface area (Å²) in [5, 5.41) is 3.13. The van der Waals surface area contributed by atoms with Crippen LogP contribution in [-0.4, -0.2) is 25.3 Å². The molecular formula is C13H18N2OS. The van der Waals surface area contributed by atoms with Crippen LogP contribution in [0.4, 0.5) is 11.4 Å². The van der Waals surface area contributed by atoms with E-state index in [1.54, 1.807) is 0 Å². The lowest BCUT2D eigenvalue weighted by Crippen LogP contribution is -2.36. The van der Waals surface area contributed by atoms with Gasteiger partial charge in [-0.15, -0.1) is 0 Å². The summed E-state index contributed by atoms with van der Waals surface area (Å²) >= 11 is 4.20. The monoisotopic (exact) mass is 250 g/mol. The molecule has 0 atom stereocenters. The molecule has 1 N–H and O–H groups in total. The lowest BCUT2D eigenvalue weighted by atomic mass is 10.00. The maximum Gasteiger partial charge on any atom is 0.227 e. The fraction of sp³-hybridized carbons (Fsp3) is 0.462. The number of aryl methyl sites for hydroxylation is 1. The predicted octanol–water partition coefficient (Wildman–Crippen LogP) is 2.33. The van der Waals surface area contributed by atoms with Crippen LogP contribution in [0.3, 0.4) is 0 Å². The van der Waals surface area contributed by atoms with Gasteiger partial charge in [0, 0.05) is 31.4 Å². The Balaban J connectivity index is 2.28. The number of fused-ring (bicyclic) bond motifs is 1. The minimum absolute atomic E-state index is 0.233. The van der Waals surface area contributed by atoms with E-state index in [9.17, 15) is 4.79 Å². The largest absolute Gasteiger partial charge is 0.388 e. The summed E-state index contributed by atoms with van der Waals surface area (Å²) in [5.41, 5.74) is 3.44. The van der Waals surface area contributed by atoms with E-state index >= 15 is 0 Å². The molecule has 1 aliphatic rings. The molecule has 1 amide bonds. The number of carbonyl (C=O) groups excluding carboxylic acids is 1. The molecule has 17 heavy (non-hydrogen) atoms. The Kier molecular flexibility index (Phi) is 3.94. The van der Waals surface area contributed by atoms with Crippen LogP contribution in [0.2, 0.25) is 0 Å². The molecule has 0 unspecified atom stereocenters. The molecule has 0 radical (unpaired) electrons. The first-order valence-corrected chi connectivity index (χ1v) is 6.61. The van der Waals surface area contributed by atoms with Gasteiger partial charge >= 0.3 is 0 Å². The lowest BCUT2D eigenvalue weighted by Gasteiger charge is -2.29. The summed E-state index contributed by atoms with van der Waals surface area (Å²) in [4.78, 5) is 13.8. The topological polar surface area (TPSA) is 32.3 Å². The lowest BCUT2D eigenvalue weighted by molar-refractivity contribution is -0.118. The summed E-state index contributed by atoms with van der Waals surface area (Å²) in [6, 6.07) is 6.19. The Morgan fingerprint density at radius 2 is 2.24 bits per heavy atom. The highest BCUT2D eigenvalue weighted by Gasteiger charge is 2.23. The molecule has 4 heteroatoms. The van der Waals surface area contributed by atoms with E-state index in [0.29, 0.717) is 6.42 Å². The van der Waals surface area contributed by atoms with Crippen molar-refractivity contribution in [1.82, 2.24) is 0 Å². The van der Waals surface area contributed by atoms with E-state index in [0.717, 1.165) is 36.5 Å². The Bertz CT molecular complexity index is 420. The van der Waals surface area contributed by atoms with Gasteiger partial charge in [0.05, 0.1) is 0 Å². The van der Waals surface area contributed by atoms with Crippen molar-refractivity contribution in [2.45, 2.75) is 19.3 Å². The van der Waals surface area contributed by atoms with Gasteiger partial charge in [0.1, 0.15) is 0 Å². The molecule has 0 aromatic heterocycles. The fourth-order valence-corrected chi connectivity index (χ4v) is 2.33. The van der Waals surface area contributed by atoms with Crippen molar-refractivity contribution >= 4 is 29.9 Å². The quantitative estimate of drug-likeness (QED) is 0.804. The summed E-state index contributed by atoms with van der Waals surface area (Å²) < 4.78 is 0. The first-order chi connectivity index (χ1) is 8.26. The molecule has 0 spiro atoms. The van der Waals surface area contributed by atoms with Crippen molar-refractivity contribution in [2.75, 3.05) is 29.6 Å². The normalized spacial score (nSPS) is 14.7. The highest BCUT2D eigenvalue weighted by Crippen LogP contribution is 2.30. The Morgan fingerprint density at radius 3 is 2.94 bits per heavy atom. The number of hydrogen-bond acceptors (Lipinski definition) is 3. The van der Waals surface area contributed by atoms with Crippen molar-refractivity contribution in [2.24, 2.45) is 0 Å². The maximum atomic E-state index is 11.9. The zero-order valence-corrected chi connectivity index (χ0v) is 11.0. The molecule has 1 aromatic rings. The summed E-state index contributed by atoms with van der Waals surface area (Å²) in [5.74, 6) is 1.05. The number of nitrogens with one attached hydrogen (secondary N) is 1. The molecule has 0 aliphatic carbocycles. The SMILES string of the molecule is CNc1ccc2c(c1)CCC(=O)N2CCCS. The molecule has 0 saturated heterocycles. The van der Waals surface area contributed by atoms with E-state index < -0.39 is 0 Å². The van der Waals surface area contributed by atoms with Crippen molar-refractivity contribution in [3.05, 3.63) is 23.8 Å². The van der Waals surface area contributed by atoms with Gasteiger partial charge in [0.2, 0.25) is 5.91 Å². The molecule has 1 aromatic carbocycles. The van der Waals surface area contributed by atoms with Crippen molar-refractivity contribution in [3.8, 4) is 0 Å². The highest BCUT2D eigenvalue weighted by atomic mass is 32.1. The zero-order valence-electron chi connectivity index (χ0n) is 10.1. The molecular weight excluding hydrogens is 232 g/mol. The summed E-state index contributed by atoms with van der Waals surface area (Å²) in [6.07, 6.45) is 2.40. The maximum absolute atomic E-state index is 11.9. The van der Waals surface area contributed by atoms with Crippen LogP contribution in [0.5, 0.6) is 0 Å². The van der Waals surface area contributed by atoms with E-state index in [4.69, 9.17) is 0 Å². The fourth-order valence-electron chi connectivity index (χ4n) is 2.19. The Labute approximate surface area is 108 Å². The summed E-state index contributed by atoms with van der Waals surface area (Å²) in [6.45, 7) is 0.772.